The minimum atomic E-state index is -1.58. The highest BCUT2D eigenvalue weighted by molar-refractivity contribution is 5.89. The van der Waals surface area contributed by atoms with E-state index in [1.165, 1.54) is 11.6 Å². The minimum Gasteiger partial charge on any atom is -0.206 e. The van der Waals surface area contributed by atoms with Crippen molar-refractivity contribution in [1.29, 1.82) is 0 Å². The van der Waals surface area contributed by atoms with Crippen LogP contribution in [0.4, 0.5) is 17.6 Å². The molecule has 0 atom stereocenters. The van der Waals surface area contributed by atoms with Gasteiger partial charge in [0.1, 0.15) is 5.82 Å². The van der Waals surface area contributed by atoms with Gasteiger partial charge in [0.2, 0.25) is 0 Å². The molecule has 0 aliphatic carbocycles. The number of rotatable bonds is 2. The van der Waals surface area contributed by atoms with Crippen molar-refractivity contribution in [1.82, 2.24) is 0 Å². The lowest BCUT2D eigenvalue weighted by Gasteiger charge is -2.08. The van der Waals surface area contributed by atoms with Gasteiger partial charge in [-0.25, -0.2) is 17.6 Å². The molecule has 0 fully saturated rings. The molecule has 0 radical (unpaired) electrons. The lowest BCUT2D eigenvalue weighted by Crippen LogP contribution is -1.94. The van der Waals surface area contributed by atoms with Gasteiger partial charge < -0.3 is 0 Å². The molecule has 0 unspecified atom stereocenters. The Balaban J connectivity index is 1.70. The predicted octanol–water partition coefficient (Wildman–Crippen LogP) is 7.03. The first-order valence-electron chi connectivity index (χ1n) is 9.44. The predicted molar refractivity (Wildman–Crippen MR) is 111 cm³/mol. The fraction of sp³-hybridized carbons (Fsp3) is 0.0769. The van der Waals surface area contributed by atoms with E-state index in [4.69, 9.17) is 0 Å². The number of halogens is 4. The van der Waals surface area contributed by atoms with Crippen molar-refractivity contribution in [2.45, 2.75) is 13.3 Å². The van der Waals surface area contributed by atoms with Crippen LogP contribution in [-0.4, -0.2) is 0 Å². The SMILES string of the molecule is CCc1ccc(C#Cc2ccc3c(F)c(-c4cc(F)c(F)c(F)c4)ccc3c2)cc1. The molecule has 148 valence electrons. The number of benzene rings is 4. The summed E-state index contributed by atoms with van der Waals surface area (Å²) in [5.74, 6) is 1.22. The van der Waals surface area contributed by atoms with Crippen LogP contribution in [0.25, 0.3) is 21.9 Å². The summed E-state index contributed by atoms with van der Waals surface area (Å²) in [5, 5.41) is 0.892. The Kier molecular flexibility index (Phi) is 5.29. The van der Waals surface area contributed by atoms with Crippen LogP contribution in [-0.2, 0) is 6.42 Å². The summed E-state index contributed by atoms with van der Waals surface area (Å²) >= 11 is 0. The average molecular weight is 404 g/mol. The van der Waals surface area contributed by atoms with Gasteiger partial charge in [0, 0.05) is 22.1 Å². The molecule has 0 aliphatic heterocycles. The van der Waals surface area contributed by atoms with Gasteiger partial charge in [-0.15, -0.1) is 0 Å². The first kappa shape index (κ1) is 19.7. The van der Waals surface area contributed by atoms with Gasteiger partial charge in [0.25, 0.3) is 0 Å². The summed E-state index contributed by atoms with van der Waals surface area (Å²) in [4.78, 5) is 0. The van der Waals surface area contributed by atoms with Gasteiger partial charge in [-0.1, -0.05) is 49.1 Å². The standard InChI is InChI=1S/C26H16F4/c1-2-16-3-5-17(6-4-16)7-8-18-9-11-21-19(13-18)10-12-22(25(21)29)20-14-23(27)26(30)24(28)15-20/h3-6,9-15H,2H2,1H3. The van der Waals surface area contributed by atoms with Crippen LogP contribution >= 0.6 is 0 Å². The third-order valence-electron chi connectivity index (χ3n) is 4.96. The molecule has 4 heteroatoms. The maximum atomic E-state index is 15.0. The monoisotopic (exact) mass is 404 g/mol. The van der Waals surface area contributed by atoms with E-state index < -0.39 is 23.3 Å². The van der Waals surface area contributed by atoms with Crippen LogP contribution in [0, 0.1) is 35.1 Å². The quantitative estimate of drug-likeness (QED) is 0.191. The van der Waals surface area contributed by atoms with Crippen molar-refractivity contribution < 1.29 is 17.6 Å². The van der Waals surface area contributed by atoms with Crippen LogP contribution in [0.2, 0.25) is 0 Å². The van der Waals surface area contributed by atoms with Gasteiger partial charge >= 0.3 is 0 Å². The second-order valence-corrected chi connectivity index (χ2v) is 6.92. The maximum absolute atomic E-state index is 15.0. The molecule has 4 rings (SSSR count). The lowest BCUT2D eigenvalue weighted by molar-refractivity contribution is 0.447. The Bertz CT molecular complexity index is 1290. The molecule has 4 aromatic carbocycles. The molecule has 0 nitrogen and oxygen atoms in total. The molecular weight excluding hydrogens is 388 g/mol. The van der Waals surface area contributed by atoms with Gasteiger partial charge in [0.15, 0.2) is 17.5 Å². The van der Waals surface area contributed by atoms with Crippen molar-refractivity contribution in [3.05, 3.63) is 107 Å². The first-order valence-corrected chi connectivity index (χ1v) is 9.44. The molecule has 0 amide bonds. The van der Waals surface area contributed by atoms with E-state index in [0.717, 1.165) is 24.1 Å². The van der Waals surface area contributed by atoms with Crippen LogP contribution in [0.5, 0.6) is 0 Å². The maximum Gasteiger partial charge on any atom is 0.194 e. The third-order valence-corrected chi connectivity index (χ3v) is 4.96. The van der Waals surface area contributed by atoms with E-state index >= 15 is 0 Å². The minimum absolute atomic E-state index is 0.00449. The molecule has 0 saturated heterocycles. The summed E-state index contributed by atoms with van der Waals surface area (Å²) in [6, 6.07) is 17.6. The van der Waals surface area contributed by atoms with Gasteiger partial charge in [-0.05, 0) is 59.3 Å². The second-order valence-electron chi connectivity index (χ2n) is 6.92. The third kappa shape index (κ3) is 3.79. The number of hydrogen-bond donors (Lipinski definition) is 0. The van der Waals surface area contributed by atoms with E-state index in [1.807, 2.05) is 24.3 Å². The fourth-order valence-electron chi connectivity index (χ4n) is 3.27. The molecule has 0 spiro atoms. The summed E-state index contributed by atoms with van der Waals surface area (Å²) in [5.41, 5.74) is 2.76. The zero-order valence-corrected chi connectivity index (χ0v) is 16.1. The molecule has 0 aliphatic rings. The molecule has 0 bridgehead atoms. The highest BCUT2D eigenvalue weighted by atomic mass is 19.2. The van der Waals surface area contributed by atoms with E-state index in [-0.39, 0.29) is 16.5 Å². The van der Waals surface area contributed by atoms with Crippen LogP contribution in [0.3, 0.4) is 0 Å². The summed E-state index contributed by atoms with van der Waals surface area (Å²) in [6.07, 6.45) is 0.961. The topological polar surface area (TPSA) is 0 Å². The highest BCUT2D eigenvalue weighted by Gasteiger charge is 2.15. The van der Waals surface area contributed by atoms with Crippen LogP contribution in [0.1, 0.15) is 23.6 Å². The Morgan fingerprint density at radius 1 is 0.667 bits per heavy atom. The smallest absolute Gasteiger partial charge is 0.194 e. The molecule has 30 heavy (non-hydrogen) atoms. The Morgan fingerprint density at radius 2 is 1.30 bits per heavy atom. The van der Waals surface area contributed by atoms with Crippen molar-refractivity contribution in [2.24, 2.45) is 0 Å². The van der Waals surface area contributed by atoms with E-state index in [1.54, 1.807) is 24.3 Å². The summed E-state index contributed by atoms with van der Waals surface area (Å²) in [6.45, 7) is 2.09. The largest absolute Gasteiger partial charge is 0.206 e. The Hall–Kier alpha value is -3.58. The van der Waals surface area contributed by atoms with Crippen LogP contribution in [0.15, 0.2) is 66.7 Å². The molecule has 0 N–H and O–H groups in total. The first-order chi connectivity index (χ1) is 14.5. The van der Waals surface area contributed by atoms with Crippen LogP contribution < -0.4 is 0 Å². The summed E-state index contributed by atoms with van der Waals surface area (Å²) in [7, 11) is 0. The molecule has 0 aromatic heterocycles. The fourth-order valence-corrected chi connectivity index (χ4v) is 3.27. The van der Waals surface area contributed by atoms with Gasteiger partial charge in [0.05, 0.1) is 0 Å². The van der Waals surface area contributed by atoms with E-state index in [0.29, 0.717) is 10.9 Å². The molecular formula is C26H16F4. The van der Waals surface area contributed by atoms with E-state index in [9.17, 15) is 17.6 Å². The Labute approximate surface area is 171 Å². The molecule has 0 saturated carbocycles. The van der Waals surface area contributed by atoms with Gasteiger partial charge in [-0.2, -0.15) is 0 Å². The lowest BCUT2D eigenvalue weighted by atomic mass is 9.98. The van der Waals surface area contributed by atoms with Crippen molar-refractivity contribution >= 4 is 10.8 Å². The normalized spacial score (nSPS) is 10.7. The van der Waals surface area contributed by atoms with E-state index in [2.05, 4.69) is 18.8 Å². The zero-order valence-electron chi connectivity index (χ0n) is 16.1. The number of fused-ring (bicyclic) bond motifs is 1. The Morgan fingerprint density at radius 3 is 1.97 bits per heavy atom. The van der Waals surface area contributed by atoms with Gasteiger partial charge in [-0.3, -0.25) is 0 Å². The average Bonchev–Trinajstić information content (AvgIpc) is 2.76. The molecule has 0 heterocycles. The number of aryl methyl sites for hydroxylation is 1. The van der Waals surface area contributed by atoms with Crippen molar-refractivity contribution in [2.75, 3.05) is 0 Å². The second kappa shape index (κ2) is 8.04. The molecule has 4 aromatic rings. The van der Waals surface area contributed by atoms with Crippen molar-refractivity contribution in [3.8, 4) is 23.0 Å². The summed E-state index contributed by atoms with van der Waals surface area (Å²) < 4.78 is 55.3. The van der Waals surface area contributed by atoms with Crippen molar-refractivity contribution in [3.63, 3.8) is 0 Å². The number of hydrogen-bond acceptors (Lipinski definition) is 0. The zero-order chi connectivity index (χ0) is 21.3. The highest BCUT2D eigenvalue weighted by Crippen LogP contribution is 2.31.